The lowest BCUT2D eigenvalue weighted by atomic mass is 10.0. The van der Waals surface area contributed by atoms with Gasteiger partial charge in [0.25, 0.3) is 0 Å². The second kappa shape index (κ2) is 7.54. The summed E-state index contributed by atoms with van der Waals surface area (Å²) in [6, 6.07) is 8.92. The summed E-state index contributed by atoms with van der Waals surface area (Å²) in [6.45, 7) is 5.21. The normalized spacial score (nSPS) is 18.8. The number of carbonyl (C=O) groups is 1. The van der Waals surface area contributed by atoms with Crippen LogP contribution in [0.5, 0.6) is 0 Å². The summed E-state index contributed by atoms with van der Waals surface area (Å²) in [4.78, 5) is 14.2. The molecule has 0 saturated carbocycles. The minimum absolute atomic E-state index is 0. The standard InChI is InChI=1S/C16H23NO.ClH/c1-13-6-8-15(9-7-13)10-11-16(18)17-12-4-3-5-14(17)2;/h6-9,14H,3-5,10-12H2,1-2H3;1H. The Morgan fingerprint density at radius 3 is 2.58 bits per heavy atom. The van der Waals surface area contributed by atoms with E-state index in [0.717, 1.165) is 19.4 Å². The van der Waals surface area contributed by atoms with E-state index in [1.54, 1.807) is 0 Å². The van der Waals surface area contributed by atoms with Crippen LogP contribution >= 0.6 is 12.4 Å². The van der Waals surface area contributed by atoms with Crippen LogP contribution in [0.1, 0.15) is 43.7 Å². The van der Waals surface area contributed by atoms with Gasteiger partial charge in [0.05, 0.1) is 0 Å². The zero-order valence-electron chi connectivity index (χ0n) is 11.9. The summed E-state index contributed by atoms with van der Waals surface area (Å²) in [5.41, 5.74) is 2.54. The molecule has 0 aliphatic carbocycles. The molecule has 1 aliphatic heterocycles. The van der Waals surface area contributed by atoms with E-state index in [9.17, 15) is 4.79 Å². The number of aryl methyl sites for hydroxylation is 2. The predicted octanol–water partition coefficient (Wildman–Crippen LogP) is 3.75. The van der Waals surface area contributed by atoms with Gasteiger partial charge in [-0.05, 0) is 45.1 Å². The lowest BCUT2D eigenvalue weighted by Gasteiger charge is -2.33. The van der Waals surface area contributed by atoms with Crippen molar-refractivity contribution in [3.8, 4) is 0 Å². The van der Waals surface area contributed by atoms with Gasteiger partial charge in [-0.2, -0.15) is 0 Å². The number of carbonyl (C=O) groups excluding carboxylic acids is 1. The van der Waals surface area contributed by atoms with Crippen molar-refractivity contribution in [3.05, 3.63) is 35.4 Å². The minimum atomic E-state index is 0. The van der Waals surface area contributed by atoms with E-state index in [1.807, 2.05) is 0 Å². The molecule has 19 heavy (non-hydrogen) atoms. The van der Waals surface area contributed by atoms with Crippen molar-refractivity contribution >= 4 is 18.3 Å². The van der Waals surface area contributed by atoms with Gasteiger partial charge in [-0.1, -0.05) is 29.8 Å². The first-order valence-corrected chi connectivity index (χ1v) is 7.02. The molecule has 0 aromatic heterocycles. The van der Waals surface area contributed by atoms with Crippen LogP contribution in [0.2, 0.25) is 0 Å². The number of nitrogens with zero attached hydrogens (tertiary/aromatic N) is 1. The molecule has 0 radical (unpaired) electrons. The molecule has 0 bridgehead atoms. The van der Waals surface area contributed by atoms with Gasteiger partial charge in [0.1, 0.15) is 0 Å². The maximum Gasteiger partial charge on any atom is 0.223 e. The van der Waals surface area contributed by atoms with Gasteiger partial charge in [-0.3, -0.25) is 4.79 Å². The molecule has 1 aliphatic rings. The number of rotatable bonds is 3. The number of piperidine rings is 1. The molecule has 1 aromatic rings. The molecule has 106 valence electrons. The van der Waals surface area contributed by atoms with Gasteiger partial charge in [-0.15, -0.1) is 12.4 Å². The number of hydrogen-bond donors (Lipinski definition) is 0. The first-order valence-electron chi connectivity index (χ1n) is 7.02. The predicted molar refractivity (Wildman–Crippen MR) is 81.8 cm³/mol. The number of likely N-dealkylation sites (tertiary alicyclic amines) is 1. The molecular weight excluding hydrogens is 258 g/mol. The van der Waals surface area contributed by atoms with Crippen molar-refractivity contribution in [3.63, 3.8) is 0 Å². The fourth-order valence-electron chi connectivity index (χ4n) is 2.62. The first kappa shape index (κ1) is 16.0. The molecule has 0 spiro atoms. The van der Waals surface area contributed by atoms with Crippen LogP contribution in [0.25, 0.3) is 0 Å². The van der Waals surface area contributed by atoms with Crippen LogP contribution in [0, 0.1) is 6.92 Å². The number of hydrogen-bond acceptors (Lipinski definition) is 1. The maximum atomic E-state index is 12.2. The van der Waals surface area contributed by atoms with Crippen molar-refractivity contribution in [2.24, 2.45) is 0 Å². The summed E-state index contributed by atoms with van der Waals surface area (Å²) in [5, 5.41) is 0. The lowest BCUT2D eigenvalue weighted by molar-refractivity contribution is -0.134. The summed E-state index contributed by atoms with van der Waals surface area (Å²) in [6.07, 6.45) is 5.11. The van der Waals surface area contributed by atoms with Crippen LogP contribution in [0.3, 0.4) is 0 Å². The molecule has 2 rings (SSSR count). The first-order chi connectivity index (χ1) is 8.66. The number of benzene rings is 1. The van der Waals surface area contributed by atoms with E-state index >= 15 is 0 Å². The van der Waals surface area contributed by atoms with E-state index in [1.165, 1.54) is 24.0 Å². The second-order valence-electron chi connectivity index (χ2n) is 5.42. The van der Waals surface area contributed by atoms with Crippen LogP contribution in [0.15, 0.2) is 24.3 Å². The number of amides is 1. The van der Waals surface area contributed by atoms with Crippen molar-refractivity contribution < 1.29 is 4.79 Å². The highest BCUT2D eigenvalue weighted by molar-refractivity contribution is 5.85. The van der Waals surface area contributed by atoms with Crippen molar-refractivity contribution in [1.82, 2.24) is 4.90 Å². The third-order valence-corrected chi connectivity index (χ3v) is 3.87. The Hall–Kier alpha value is -1.02. The van der Waals surface area contributed by atoms with Crippen LogP contribution in [-0.4, -0.2) is 23.4 Å². The Morgan fingerprint density at radius 1 is 1.26 bits per heavy atom. The van der Waals surface area contributed by atoms with Gasteiger partial charge in [0.2, 0.25) is 5.91 Å². The zero-order valence-corrected chi connectivity index (χ0v) is 12.7. The molecule has 1 heterocycles. The highest BCUT2D eigenvalue weighted by Gasteiger charge is 2.22. The van der Waals surface area contributed by atoms with Crippen molar-refractivity contribution in [2.45, 2.75) is 52.0 Å². The van der Waals surface area contributed by atoms with Crippen molar-refractivity contribution in [2.75, 3.05) is 6.54 Å². The Labute approximate surface area is 122 Å². The van der Waals surface area contributed by atoms with Gasteiger partial charge in [-0.25, -0.2) is 0 Å². The fraction of sp³-hybridized carbons (Fsp3) is 0.562. The lowest BCUT2D eigenvalue weighted by Crippen LogP contribution is -2.42. The molecule has 1 saturated heterocycles. The molecule has 1 atom stereocenters. The largest absolute Gasteiger partial charge is 0.340 e. The molecule has 3 heteroatoms. The average molecular weight is 282 g/mol. The average Bonchev–Trinajstić information content (AvgIpc) is 2.38. The van der Waals surface area contributed by atoms with Crippen LogP contribution in [-0.2, 0) is 11.2 Å². The molecular formula is C16H24ClNO. The van der Waals surface area contributed by atoms with E-state index in [4.69, 9.17) is 0 Å². The molecule has 1 fully saturated rings. The zero-order chi connectivity index (χ0) is 13.0. The monoisotopic (exact) mass is 281 g/mol. The quantitative estimate of drug-likeness (QED) is 0.826. The minimum Gasteiger partial charge on any atom is -0.340 e. The SMILES string of the molecule is Cc1ccc(CCC(=O)N2CCCCC2C)cc1.Cl. The summed E-state index contributed by atoms with van der Waals surface area (Å²) >= 11 is 0. The Balaban J connectivity index is 0.00000180. The molecule has 0 N–H and O–H groups in total. The molecule has 1 amide bonds. The van der Waals surface area contributed by atoms with E-state index in [-0.39, 0.29) is 12.4 Å². The summed E-state index contributed by atoms with van der Waals surface area (Å²) in [5.74, 6) is 0.322. The topological polar surface area (TPSA) is 20.3 Å². The molecule has 2 nitrogen and oxygen atoms in total. The van der Waals surface area contributed by atoms with Gasteiger partial charge >= 0.3 is 0 Å². The summed E-state index contributed by atoms with van der Waals surface area (Å²) in [7, 11) is 0. The fourth-order valence-corrected chi connectivity index (χ4v) is 2.62. The van der Waals surface area contributed by atoms with E-state index < -0.39 is 0 Å². The van der Waals surface area contributed by atoms with Crippen LogP contribution < -0.4 is 0 Å². The van der Waals surface area contributed by atoms with E-state index in [0.29, 0.717) is 18.4 Å². The number of halogens is 1. The van der Waals surface area contributed by atoms with Gasteiger partial charge < -0.3 is 4.90 Å². The van der Waals surface area contributed by atoms with Crippen molar-refractivity contribution in [1.29, 1.82) is 0 Å². The summed E-state index contributed by atoms with van der Waals surface area (Å²) < 4.78 is 0. The maximum absolute atomic E-state index is 12.2. The molecule has 1 unspecified atom stereocenters. The highest BCUT2D eigenvalue weighted by Crippen LogP contribution is 2.18. The Bertz CT molecular complexity index is 402. The smallest absolute Gasteiger partial charge is 0.223 e. The van der Waals surface area contributed by atoms with Gasteiger partial charge in [0.15, 0.2) is 0 Å². The van der Waals surface area contributed by atoms with Gasteiger partial charge in [0, 0.05) is 19.0 Å². The second-order valence-corrected chi connectivity index (χ2v) is 5.42. The Morgan fingerprint density at radius 2 is 1.95 bits per heavy atom. The van der Waals surface area contributed by atoms with E-state index in [2.05, 4.69) is 43.0 Å². The Kier molecular flexibility index (Phi) is 6.36. The third kappa shape index (κ3) is 4.54. The third-order valence-electron chi connectivity index (χ3n) is 3.87. The highest BCUT2D eigenvalue weighted by atomic mass is 35.5. The van der Waals surface area contributed by atoms with Crippen LogP contribution in [0.4, 0.5) is 0 Å². The molecule has 1 aromatic carbocycles.